The summed E-state index contributed by atoms with van der Waals surface area (Å²) in [7, 11) is 0. The highest BCUT2D eigenvalue weighted by Gasteiger charge is 2.48. The van der Waals surface area contributed by atoms with Gasteiger partial charge in [-0.1, -0.05) is 43.7 Å². The van der Waals surface area contributed by atoms with Crippen LogP contribution in [0.25, 0.3) is 0 Å². The largest absolute Gasteiger partial charge is 0.514 e. The normalized spacial score (nSPS) is 21.2. The zero-order chi connectivity index (χ0) is 20.0. The van der Waals surface area contributed by atoms with Crippen molar-refractivity contribution in [2.24, 2.45) is 0 Å². The van der Waals surface area contributed by atoms with Crippen LogP contribution in [0.1, 0.15) is 45.1 Å². The van der Waals surface area contributed by atoms with E-state index in [0.717, 1.165) is 24.8 Å². The maximum absolute atomic E-state index is 12.6. The van der Waals surface area contributed by atoms with E-state index in [1.54, 1.807) is 6.92 Å². The first-order valence-corrected chi connectivity index (χ1v) is 9.51. The lowest BCUT2D eigenvalue weighted by Gasteiger charge is -2.28. The standard InChI is InChI=1S/C20H25N3O5/c1-3-5-11-20(14-9-7-6-8-10-14)12-15(18(24)28-20)22-17-16(13-21-23-17)27-19(25)26-4-2/h6-10,13,15H,3-5,11-12H2,1-2H3,(H2,21,22,23). The number of carbonyl (C=O) groups excluding carboxylic acids is 2. The number of benzene rings is 1. The molecule has 1 saturated heterocycles. The van der Waals surface area contributed by atoms with Crippen LogP contribution in [0.3, 0.4) is 0 Å². The van der Waals surface area contributed by atoms with Gasteiger partial charge in [-0.2, -0.15) is 5.10 Å². The molecule has 0 bridgehead atoms. The van der Waals surface area contributed by atoms with Gasteiger partial charge in [-0.3, -0.25) is 5.10 Å². The molecule has 2 heterocycles. The molecule has 1 aliphatic heterocycles. The van der Waals surface area contributed by atoms with Crippen molar-refractivity contribution in [3.8, 4) is 5.75 Å². The molecule has 3 rings (SSSR count). The summed E-state index contributed by atoms with van der Waals surface area (Å²) in [6.07, 6.45) is 3.73. The summed E-state index contributed by atoms with van der Waals surface area (Å²) >= 11 is 0. The van der Waals surface area contributed by atoms with Gasteiger partial charge in [-0.05, 0) is 25.3 Å². The highest BCUT2D eigenvalue weighted by molar-refractivity contribution is 5.82. The van der Waals surface area contributed by atoms with E-state index >= 15 is 0 Å². The predicted octanol–water partition coefficient (Wildman–Crippen LogP) is 3.76. The number of hydrogen-bond acceptors (Lipinski definition) is 7. The quantitative estimate of drug-likeness (QED) is 0.665. The second-order valence-corrected chi connectivity index (χ2v) is 6.67. The number of aromatic nitrogens is 2. The molecule has 2 unspecified atom stereocenters. The number of carbonyl (C=O) groups is 2. The Morgan fingerprint density at radius 1 is 1.36 bits per heavy atom. The molecule has 1 aromatic heterocycles. The molecular formula is C20H25N3O5. The number of nitrogens with one attached hydrogen (secondary N) is 2. The van der Waals surface area contributed by atoms with Gasteiger partial charge in [0.15, 0.2) is 11.6 Å². The molecular weight excluding hydrogens is 362 g/mol. The van der Waals surface area contributed by atoms with Crippen molar-refractivity contribution >= 4 is 17.9 Å². The average molecular weight is 387 g/mol. The lowest BCUT2D eigenvalue weighted by Crippen LogP contribution is -2.27. The smallest absolute Gasteiger partial charge is 0.453 e. The van der Waals surface area contributed by atoms with Gasteiger partial charge >= 0.3 is 12.1 Å². The van der Waals surface area contributed by atoms with Gasteiger partial charge in [0.1, 0.15) is 11.6 Å². The first kappa shape index (κ1) is 19.7. The molecule has 0 amide bonds. The summed E-state index contributed by atoms with van der Waals surface area (Å²) < 4.78 is 15.8. The average Bonchev–Trinajstić information content (AvgIpc) is 3.26. The van der Waals surface area contributed by atoms with Gasteiger partial charge in [-0.25, -0.2) is 9.59 Å². The summed E-state index contributed by atoms with van der Waals surface area (Å²) in [4.78, 5) is 24.2. The number of cyclic esters (lactones) is 1. The third-order valence-corrected chi connectivity index (χ3v) is 4.72. The summed E-state index contributed by atoms with van der Waals surface area (Å²) in [5.41, 5.74) is 0.302. The maximum atomic E-state index is 12.6. The number of nitrogens with zero attached hydrogens (tertiary/aromatic N) is 1. The SMILES string of the molecule is CCCCC1(c2ccccc2)CC(Nc2n[nH]cc2OC(=O)OCC)C(=O)O1. The van der Waals surface area contributed by atoms with Crippen molar-refractivity contribution in [2.75, 3.05) is 11.9 Å². The molecule has 0 saturated carbocycles. The third-order valence-electron chi connectivity index (χ3n) is 4.72. The first-order chi connectivity index (χ1) is 13.6. The number of aromatic amines is 1. The molecule has 150 valence electrons. The molecule has 2 atom stereocenters. The Morgan fingerprint density at radius 2 is 2.14 bits per heavy atom. The lowest BCUT2D eigenvalue weighted by atomic mass is 9.85. The van der Waals surface area contributed by atoms with Gasteiger partial charge in [0.05, 0.1) is 12.8 Å². The van der Waals surface area contributed by atoms with E-state index in [2.05, 4.69) is 22.4 Å². The van der Waals surface area contributed by atoms with Crippen LogP contribution in [0.2, 0.25) is 0 Å². The fourth-order valence-corrected chi connectivity index (χ4v) is 3.37. The van der Waals surface area contributed by atoms with Gasteiger partial charge in [0.2, 0.25) is 0 Å². The van der Waals surface area contributed by atoms with E-state index in [1.165, 1.54) is 6.20 Å². The molecule has 2 N–H and O–H groups in total. The predicted molar refractivity (Wildman–Crippen MR) is 102 cm³/mol. The minimum Gasteiger partial charge on any atom is -0.453 e. The van der Waals surface area contributed by atoms with Crippen LogP contribution in [0, 0.1) is 0 Å². The van der Waals surface area contributed by atoms with Crippen molar-refractivity contribution < 1.29 is 23.8 Å². The topological polar surface area (TPSA) is 103 Å². The Labute approximate surface area is 163 Å². The van der Waals surface area contributed by atoms with E-state index in [9.17, 15) is 9.59 Å². The zero-order valence-electron chi connectivity index (χ0n) is 16.1. The zero-order valence-corrected chi connectivity index (χ0v) is 16.1. The number of anilines is 1. The number of rotatable bonds is 8. The minimum absolute atomic E-state index is 0.164. The van der Waals surface area contributed by atoms with E-state index in [4.69, 9.17) is 14.2 Å². The van der Waals surface area contributed by atoms with Gasteiger partial charge in [0, 0.05) is 6.42 Å². The molecule has 0 radical (unpaired) electrons. The number of esters is 1. The molecule has 0 aliphatic carbocycles. The van der Waals surface area contributed by atoms with Crippen LogP contribution >= 0.6 is 0 Å². The van der Waals surface area contributed by atoms with Crippen LogP contribution in [-0.4, -0.2) is 35.0 Å². The van der Waals surface area contributed by atoms with Gasteiger partial charge in [-0.15, -0.1) is 0 Å². The molecule has 8 heteroatoms. The molecule has 8 nitrogen and oxygen atoms in total. The molecule has 1 fully saturated rings. The first-order valence-electron chi connectivity index (χ1n) is 9.51. The summed E-state index contributed by atoms with van der Waals surface area (Å²) in [5.74, 6) is 0.0661. The lowest BCUT2D eigenvalue weighted by molar-refractivity contribution is -0.150. The third kappa shape index (κ3) is 4.27. The Kier molecular flexibility index (Phi) is 6.18. The second kappa shape index (κ2) is 8.77. The van der Waals surface area contributed by atoms with Crippen LogP contribution in [0.15, 0.2) is 36.5 Å². The van der Waals surface area contributed by atoms with Gasteiger partial charge < -0.3 is 19.5 Å². The molecule has 1 aromatic carbocycles. The Balaban J connectivity index is 1.77. The van der Waals surface area contributed by atoms with Crippen LogP contribution in [0.4, 0.5) is 10.6 Å². The number of ether oxygens (including phenoxy) is 3. The fourth-order valence-electron chi connectivity index (χ4n) is 3.37. The number of hydrogen-bond donors (Lipinski definition) is 2. The molecule has 28 heavy (non-hydrogen) atoms. The Bertz CT molecular complexity index is 807. The monoisotopic (exact) mass is 387 g/mol. The molecule has 2 aromatic rings. The number of unbranched alkanes of at least 4 members (excludes halogenated alkanes) is 1. The second-order valence-electron chi connectivity index (χ2n) is 6.67. The van der Waals surface area contributed by atoms with Gasteiger partial charge in [0.25, 0.3) is 0 Å². The van der Waals surface area contributed by atoms with Crippen LogP contribution < -0.4 is 10.1 Å². The van der Waals surface area contributed by atoms with E-state index in [-0.39, 0.29) is 24.1 Å². The van der Waals surface area contributed by atoms with Crippen molar-refractivity contribution in [2.45, 2.75) is 51.2 Å². The summed E-state index contributed by atoms with van der Waals surface area (Å²) in [6, 6.07) is 9.17. The highest BCUT2D eigenvalue weighted by Crippen LogP contribution is 2.42. The summed E-state index contributed by atoms with van der Waals surface area (Å²) in [6.45, 7) is 3.99. The van der Waals surface area contributed by atoms with Crippen molar-refractivity contribution in [1.82, 2.24) is 10.2 Å². The van der Waals surface area contributed by atoms with Crippen LogP contribution in [-0.2, 0) is 19.9 Å². The van der Waals surface area contributed by atoms with Crippen molar-refractivity contribution in [3.05, 3.63) is 42.1 Å². The van der Waals surface area contributed by atoms with Crippen molar-refractivity contribution in [1.29, 1.82) is 0 Å². The summed E-state index contributed by atoms with van der Waals surface area (Å²) in [5, 5.41) is 9.70. The van der Waals surface area contributed by atoms with E-state index < -0.39 is 17.8 Å². The maximum Gasteiger partial charge on any atom is 0.514 e. The fraction of sp³-hybridized carbons (Fsp3) is 0.450. The van der Waals surface area contributed by atoms with Crippen LogP contribution in [0.5, 0.6) is 5.75 Å². The number of H-pyrrole nitrogens is 1. The highest BCUT2D eigenvalue weighted by atomic mass is 16.7. The molecule has 1 aliphatic rings. The molecule has 0 spiro atoms. The van der Waals surface area contributed by atoms with E-state index in [1.807, 2.05) is 30.3 Å². The minimum atomic E-state index is -0.831. The van der Waals surface area contributed by atoms with E-state index in [0.29, 0.717) is 6.42 Å². The Morgan fingerprint density at radius 3 is 2.86 bits per heavy atom. The van der Waals surface area contributed by atoms with Crippen molar-refractivity contribution in [3.63, 3.8) is 0 Å². The Hall–Kier alpha value is -3.03.